The summed E-state index contributed by atoms with van der Waals surface area (Å²) in [5, 5.41) is 0.684. The van der Waals surface area contributed by atoms with Crippen molar-refractivity contribution in [3.8, 4) is 11.5 Å². The van der Waals surface area contributed by atoms with Crippen molar-refractivity contribution < 1.29 is 4.42 Å². The number of piperidine rings is 1. The second-order valence-electron chi connectivity index (χ2n) is 6.75. The first-order valence-corrected chi connectivity index (χ1v) is 8.00. The van der Waals surface area contributed by atoms with Crippen LogP contribution in [-0.4, -0.2) is 29.0 Å². The normalized spacial score (nSPS) is 21.9. The van der Waals surface area contributed by atoms with Crippen molar-refractivity contribution in [2.45, 2.75) is 32.9 Å². The van der Waals surface area contributed by atoms with Crippen LogP contribution in [0.5, 0.6) is 0 Å². The summed E-state index contributed by atoms with van der Waals surface area (Å²) >= 11 is 6.01. The van der Waals surface area contributed by atoms with Crippen molar-refractivity contribution in [2.75, 3.05) is 13.1 Å². The van der Waals surface area contributed by atoms with Gasteiger partial charge in [-0.1, -0.05) is 31.5 Å². The van der Waals surface area contributed by atoms with Crippen molar-refractivity contribution in [3.63, 3.8) is 0 Å². The Bertz CT molecular complexity index is 653. The molecule has 1 fully saturated rings. The predicted octanol–water partition coefficient (Wildman–Crippen LogP) is 3.55. The van der Waals surface area contributed by atoms with Crippen LogP contribution < -0.4 is 5.73 Å². The predicted molar refractivity (Wildman–Crippen MR) is 88.6 cm³/mol. The maximum Gasteiger partial charge on any atom is 0.226 e. The molecule has 1 saturated heterocycles. The Hall–Kier alpha value is -1.36. The minimum atomic E-state index is 0.137. The maximum absolute atomic E-state index is 6.19. The number of aromatic nitrogens is 1. The van der Waals surface area contributed by atoms with Gasteiger partial charge in [0.15, 0.2) is 0 Å². The Balaban J connectivity index is 1.70. The van der Waals surface area contributed by atoms with Crippen LogP contribution in [0.2, 0.25) is 5.02 Å². The van der Waals surface area contributed by atoms with Gasteiger partial charge < -0.3 is 10.2 Å². The highest BCUT2D eigenvalue weighted by molar-refractivity contribution is 6.30. The van der Waals surface area contributed by atoms with Crippen LogP contribution in [0.4, 0.5) is 0 Å². The molecule has 1 unspecified atom stereocenters. The minimum absolute atomic E-state index is 0.137. The van der Waals surface area contributed by atoms with Gasteiger partial charge in [0.25, 0.3) is 0 Å². The molecule has 1 aliphatic rings. The topological polar surface area (TPSA) is 55.3 Å². The fourth-order valence-electron chi connectivity index (χ4n) is 2.98. The molecule has 0 radical (unpaired) electrons. The monoisotopic (exact) mass is 319 g/mol. The van der Waals surface area contributed by atoms with E-state index in [1.807, 2.05) is 24.3 Å². The van der Waals surface area contributed by atoms with Gasteiger partial charge in [0.1, 0.15) is 6.26 Å². The summed E-state index contributed by atoms with van der Waals surface area (Å²) in [7, 11) is 0. The molecule has 2 N–H and O–H groups in total. The fourth-order valence-corrected chi connectivity index (χ4v) is 3.17. The van der Waals surface area contributed by atoms with Gasteiger partial charge in [-0.05, 0) is 30.0 Å². The first-order chi connectivity index (χ1) is 10.4. The zero-order chi connectivity index (χ0) is 15.7. The van der Waals surface area contributed by atoms with Gasteiger partial charge in [0, 0.05) is 36.3 Å². The van der Waals surface area contributed by atoms with Crippen molar-refractivity contribution >= 4 is 11.6 Å². The molecular formula is C17H22ClN3O. The molecule has 2 heterocycles. The third-order valence-corrected chi connectivity index (χ3v) is 4.64. The highest BCUT2D eigenvalue weighted by Crippen LogP contribution is 2.29. The van der Waals surface area contributed by atoms with Crippen molar-refractivity contribution in [2.24, 2.45) is 11.1 Å². The Labute approximate surface area is 136 Å². The van der Waals surface area contributed by atoms with E-state index < -0.39 is 0 Å². The second kappa shape index (κ2) is 6.03. The number of likely N-dealkylation sites (tertiary alicyclic amines) is 1. The Morgan fingerprint density at radius 2 is 2.27 bits per heavy atom. The average Bonchev–Trinajstić information content (AvgIpc) is 2.91. The summed E-state index contributed by atoms with van der Waals surface area (Å²) in [5.41, 5.74) is 8.17. The number of nitrogens with two attached hydrogens (primary N) is 1. The van der Waals surface area contributed by atoms with Crippen LogP contribution in [0.25, 0.3) is 11.5 Å². The lowest BCUT2D eigenvalue weighted by Crippen LogP contribution is -2.52. The van der Waals surface area contributed by atoms with E-state index in [0.717, 1.165) is 37.3 Å². The first-order valence-electron chi connectivity index (χ1n) is 7.62. The van der Waals surface area contributed by atoms with Gasteiger partial charge in [0.05, 0.1) is 5.69 Å². The van der Waals surface area contributed by atoms with E-state index in [4.69, 9.17) is 21.8 Å². The molecule has 0 spiro atoms. The number of oxazole rings is 1. The molecule has 1 aromatic carbocycles. The number of hydrogen-bond donors (Lipinski definition) is 1. The van der Waals surface area contributed by atoms with E-state index in [9.17, 15) is 0 Å². The Kier molecular flexibility index (Phi) is 4.26. The van der Waals surface area contributed by atoms with Gasteiger partial charge in [-0.2, -0.15) is 0 Å². The van der Waals surface area contributed by atoms with Gasteiger partial charge in [0.2, 0.25) is 5.89 Å². The Morgan fingerprint density at radius 3 is 3.00 bits per heavy atom. The number of hydrogen-bond acceptors (Lipinski definition) is 4. The average molecular weight is 320 g/mol. The maximum atomic E-state index is 6.19. The SMILES string of the molecule is CC1(C)CN(Cc2coc(-c3cccc(Cl)c3)n2)CCC1N. The smallest absolute Gasteiger partial charge is 0.226 e. The van der Waals surface area contributed by atoms with Crippen molar-refractivity contribution in [1.82, 2.24) is 9.88 Å². The molecule has 0 bridgehead atoms. The second-order valence-corrected chi connectivity index (χ2v) is 7.19. The quantitative estimate of drug-likeness (QED) is 0.940. The first kappa shape index (κ1) is 15.5. The van der Waals surface area contributed by atoms with E-state index in [-0.39, 0.29) is 11.5 Å². The van der Waals surface area contributed by atoms with Crippen molar-refractivity contribution in [3.05, 3.63) is 41.2 Å². The molecule has 2 aromatic rings. The van der Waals surface area contributed by atoms with Gasteiger partial charge in [-0.3, -0.25) is 4.90 Å². The Morgan fingerprint density at radius 1 is 1.45 bits per heavy atom. The zero-order valence-corrected chi connectivity index (χ0v) is 13.8. The molecule has 4 nitrogen and oxygen atoms in total. The summed E-state index contributed by atoms with van der Waals surface area (Å²) in [6.45, 7) is 7.23. The van der Waals surface area contributed by atoms with Crippen molar-refractivity contribution in [1.29, 1.82) is 0 Å². The summed E-state index contributed by atoms with van der Waals surface area (Å²) in [6, 6.07) is 7.82. The summed E-state index contributed by atoms with van der Waals surface area (Å²) in [4.78, 5) is 6.98. The molecule has 0 aliphatic carbocycles. The van der Waals surface area contributed by atoms with E-state index in [1.165, 1.54) is 0 Å². The summed E-state index contributed by atoms with van der Waals surface area (Å²) in [6.07, 6.45) is 2.75. The minimum Gasteiger partial charge on any atom is -0.444 e. The number of benzene rings is 1. The molecule has 5 heteroatoms. The summed E-state index contributed by atoms with van der Waals surface area (Å²) < 4.78 is 5.60. The van der Waals surface area contributed by atoms with Crippen LogP contribution in [0.3, 0.4) is 0 Å². The molecular weight excluding hydrogens is 298 g/mol. The molecule has 0 saturated carbocycles. The van der Waals surface area contributed by atoms with Crippen LogP contribution in [-0.2, 0) is 6.54 Å². The number of rotatable bonds is 3. The summed E-state index contributed by atoms with van der Waals surface area (Å²) in [5.74, 6) is 0.616. The van der Waals surface area contributed by atoms with Gasteiger partial charge >= 0.3 is 0 Å². The highest BCUT2D eigenvalue weighted by Gasteiger charge is 2.33. The highest BCUT2D eigenvalue weighted by atomic mass is 35.5. The zero-order valence-electron chi connectivity index (χ0n) is 13.1. The lowest BCUT2D eigenvalue weighted by atomic mass is 9.80. The lowest BCUT2D eigenvalue weighted by molar-refractivity contribution is 0.0889. The molecule has 1 aliphatic heterocycles. The number of nitrogens with zero attached hydrogens (tertiary/aromatic N) is 2. The molecule has 0 amide bonds. The standard InChI is InChI=1S/C17H22ClN3O/c1-17(2)11-21(7-6-15(17)19)9-14-10-22-16(20-14)12-4-3-5-13(18)8-12/h3-5,8,10,15H,6-7,9,11,19H2,1-2H3. The van der Waals surface area contributed by atoms with Crippen LogP contribution >= 0.6 is 11.6 Å². The molecule has 3 rings (SSSR count). The molecule has 22 heavy (non-hydrogen) atoms. The largest absolute Gasteiger partial charge is 0.444 e. The third-order valence-electron chi connectivity index (χ3n) is 4.40. The van der Waals surface area contributed by atoms with Crippen LogP contribution in [0.1, 0.15) is 26.0 Å². The van der Waals surface area contributed by atoms with Gasteiger partial charge in [-0.25, -0.2) is 4.98 Å². The fraction of sp³-hybridized carbons (Fsp3) is 0.471. The third kappa shape index (κ3) is 3.35. The molecule has 118 valence electrons. The van der Waals surface area contributed by atoms with Crippen LogP contribution in [0.15, 0.2) is 34.9 Å². The van der Waals surface area contributed by atoms with E-state index >= 15 is 0 Å². The number of halogens is 1. The van der Waals surface area contributed by atoms with Gasteiger partial charge in [-0.15, -0.1) is 0 Å². The van der Waals surface area contributed by atoms with E-state index in [2.05, 4.69) is 23.7 Å². The van der Waals surface area contributed by atoms with Crippen LogP contribution in [0, 0.1) is 5.41 Å². The van der Waals surface area contributed by atoms with E-state index in [1.54, 1.807) is 6.26 Å². The van der Waals surface area contributed by atoms with E-state index in [0.29, 0.717) is 10.9 Å². The molecule has 1 aromatic heterocycles. The molecule has 1 atom stereocenters. The lowest BCUT2D eigenvalue weighted by Gasteiger charge is -2.42.